The summed E-state index contributed by atoms with van der Waals surface area (Å²) in [6, 6.07) is 27.3. The van der Waals surface area contributed by atoms with Crippen molar-refractivity contribution in [1.29, 1.82) is 0 Å². The van der Waals surface area contributed by atoms with Crippen molar-refractivity contribution < 1.29 is 19.1 Å². The molecule has 1 aliphatic rings. The van der Waals surface area contributed by atoms with E-state index in [2.05, 4.69) is 11.4 Å². The van der Waals surface area contributed by atoms with Gasteiger partial charge in [0.1, 0.15) is 12.2 Å². The van der Waals surface area contributed by atoms with Gasteiger partial charge in [0, 0.05) is 49.9 Å². The third-order valence-electron chi connectivity index (χ3n) is 8.43. The highest BCUT2D eigenvalue weighted by molar-refractivity contribution is 6.31. The van der Waals surface area contributed by atoms with E-state index >= 15 is 0 Å². The lowest BCUT2D eigenvalue weighted by molar-refractivity contribution is 0.0184. The van der Waals surface area contributed by atoms with Crippen LogP contribution >= 0.6 is 11.6 Å². The van der Waals surface area contributed by atoms with Crippen LogP contribution in [-0.2, 0) is 29.5 Å². The van der Waals surface area contributed by atoms with Crippen LogP contribution in [0, 0.1) is 0 Å². The molecule has 1 aliphatic heterocycles. The minimum absolute atomic E-state index is 0.00839. The molecule has 0 spiro atoms. The summed E-state index contributed by atoms with van der Waals surface area (Å²) in [5.74, 6) is -0.155. The number of nitrogens with one attached hydrogen (secondary N) is 1. The Bertz CT molecular complexity index is 1770. The molecule has 1 fully saturated rings. The Morgan fingerprint density at radius 1 is 0.957 bits per heavy atom. The molecule has 2 amide bonds. The van der Waals surface area contributed by atoms with Crippen molar-refractivity contribution in [2.24, 2.45) is 7.05 Å². The zero-order valence-electron chi connectivity index (χ0n) is 27.4. The maximum atomic E-state index is 13.1. The lowest BCUT2D eigenvalue weighted by Gasteiger charge is -2.40. The number of alkyl carbamates (subject to hydrolysis) is 1. The zero-order valence-corrected chi connectivity index (χ0v) is 28.1. The minimum Gasteiger partial charge on any atom is -0.445 e. The third-order valence-corrected chi connectivity index (χ3v) is 8.75. The van der Waals surface area contributed by atoms with E-state index in [1.54, 1.807) is 28.8 Å². The molecule has 0 aliphatic carbocycles. The van der Waals surface area contributed by atoms with E-state index in [0.29, 0.717) is 37.5 Å². The summed E-state index contributed by atoms with van der Waals surface area (Å²) >= 11 is 7.07. The molecule has 4 aromatic rings. The van der Waals surface area contributed by atoms with E-state index < -0.39 is 11.7 Å². The molecule has 0 bridgehead atoms. The fourth-order valence-electron chi connectivity index (χ4n) is 6.04. The number of piperidine rings is 1. The van der Waals surface area contributed by atoms with Crippen LogP contribution in [0.25, 0.3) is 11.1 Å². The normalized spacial score (nSPS) is 16.4. The molecule has 9 heteroatoms. The summed E-state index contributed by atoms with van der Waals surface area (Å²) in [6.07, 6.45) is 2.24. The van der Waals surface area contributed by atoms with Gasteiger partial charge in [-0.1, -0.05) is 78.3 Å². The highest BCUT2D eigenvalue weighted by atomic mass is 35.5. The second-order valence-electron chi connectivity index (χ2n) is 13.0. The van der Waals surface area contributed by atoms with Gasteiger partial charge in [-0.15, -0.1) is 0 Å². The SMILES string of the molecule is Cn1ccc([C@H]2CCN(C(=O)OC(C)(C)C)C[C@@H]2c2ccc(-c3ccccc3CCNC(=O)OCc3ccccc3)cc2Cl)cc1=O. The van der Waals surface area contributed by atoms with Gasteiger partial charge in [-0.25, -0.2) is 9.59 Å². The number of benzene rings is 3. The molecule has 1 aromatic heterocycles. The molecule has 47 heavy (non-hydrogen) atoms. The second kappa shape index (κ2) is 14.9. The number of pyridine rings is 1. The maximum absolute atomic E-state index is 13.1. The molecule has 2 heterocycles. The number of halogens is 1. The van der Waals surface area contributed by atoms with Crippen LogP contribution in [0.3, 0.4) is 0 Å². The van der Waals surface area contributed by atoms with Crippen LogP contribution < -0.4 is 10.9 Å². The van der Waals surface area contributed by atoms with Crippen molar-refractivity contribution in [3.05, 3.63) is 129 Å². The Balaban J connectivity index is 1.34. The van der Waals surface area contributed by atoms with E-state index in [0.717, 1.165) is 33.4 Å². The number of carbonyl (C=O) groups excluding carboxylic acids is 2. The average molecular weight is 656 g/mol. The first-order valence-corrected chi connectivity index (χ1v) is 16.3. The number of carbonyl (C=O) groups is 2. The number of aryl methyl sites for hydroxylation is 1. The molecule has 8 nitrogen and oxygen atoms in total. The predicted molar refractivity (Wildman–Crippen MR) is 185 cm³/mol. The van der Waals surface area contributed by atoms with Crippen molar-refractivity contribution >= 4 is 23.8 Å². The van der Waals surface area contributed by atoms with Crippen LogP contribution in [0.4, 0.5) is 9.59 Å². The lowest BCUT2D eigenvalue weighted by Crippen LogP contribution is -2.44. The number of aromatic nitrogens is 1. The highest BCUT2D eigenvalue weighted by Gasteiger charge is 2.36. The average Bonchev–Trinajstić information content (AvgIpc) is 3.05. The topological polar surface area (TPSA) is 89.9 Å². The predicted octanol–water partition coefficient (Wildman–Crippen LogP) is 7.68. The van der Waals surface area contributed by atoms with Gasteiger partial charge in [0.15, 0.2) is 0 Å². The quantitative estimate of drug-likeness (QED) is 0.210. The van der Waals surface area contributed by atoms with E-state index in [1.165, 1.54) is 0 Å². The second-order valence-corrected chi connectivity index (χ2v) is 13.4. The fourth-order valence-corrected chi connectivity index (χ4v) is 6.36. The van der Waals surface area contributed by atoms with Crippen LogP contribution in [0.2, 0.25) is 5.02 Å². The van der Waals surface area contributed by atoms with Crippen LogP contribution in [0.5, 0.6) is 0 Å². The first-order valence-electron chi connectivity index (χ1n) is 16.0. The molecule has 5 rings (SSSR count). The molecule has 0 saturated carbocycles. The number of hydrogen-bond acceptors (Lipinski definition) is 5. The summed E-state index contributed by atoms with van der Waals surface area (Å²) in [5, 5.41) is 3.43. The molecule has 0 radical (unpaired) electrons. The van der Waals surface area contributed by atoms with E-state index in [9.17, 15) is 14.4 Å². The van der Waals surface area contributed by atoms with Gasteiger partial charge in [-0.05, 0) is 85.0 Å². The number of ether oxygens (including phenoxy) is 2. The molecule has 246 valence electrons. The third kappa shape index (κ3) is 8.83. The largest absolute Gasteiger partial charge is 0.445 e. The highest BCUT2D eigenvalue weighted by Crippen LogP contribution is 2.43. The maximum Gasteiger partial charge on any atom is 0.410 e. The summed E-state index contributed by atoms with van der Waals surface area (Å²) in [7, 11) is 1.73. The van der Waals surface area contributed by atoms with Crippen LogP contribution in [-0.4, -0.2) is 46.9 Å². The van der Waals surface area contributed by atoms with Crippen molar-refractivity contribution in [2.75, 3.05) is 19.6 Å². The molecular formula is C38H42ClN3O5. The molecule has 1 saturated heterocycles. The van der Waals surface area contributed by atoms with Crippen LogP contribution in [0.15, 0.2) is 95.9 Å². The molecular weight excluding hydrogens is 614 g/mol. The van der Waals surface area contributed by atoms with Crippen molar-refractivity contribution in [3.63, 3.8) is 0 Å². The van der Waals surface area contributed by atoms with Gasteiger partial charge in [0.25, 0.3) is 5.56 Å². The van der Waals surface area contributed by atoms with E-state index in [4.69, 9.17) is 21.1 Å². The monoisotopic (exact) mass is 655 g/mol. The minimum atomic E-state index is -0.611. The van der Waals surface area contributed by atoms with Gasteiger partial charge in [0.05, 0.1) is 0 Å². The summed E-state index contributed by atoms with van der Waals surface area (Å²) < 4.78 is 12.6. The van der Waals surface area contributed by atoms with E-state index in [1.807, 2.05) is 93.6 Å². The van der Waals surface area contributed by atoms with Gasteiger partial charge in [-0.3, -0.25) is 4.79 Å². The van der Waals surface area contributed by atoms with Crippen LogP contribution in [0.1, 0.15) is 61.3 Å². The Morgan fingerprint density at radius 2 is 1.70 bits per heavy atom. The van der Waals surface area contributed by atoms with Gasteiger partial charge in [-0.2, -0.15) is 0 Å². The first kappa shape index (κ1) is 33.8. The molecule has 0 unspecified atom stereocenters. The van der Waals surface area contributed by atoms with E-state index in [-0.39, 0.29) is 30.1 Å². The lowest BCUT2D eigenvalue weighted by atomic mass is 9.76. The van der Waals surface area contributed by atoms with Crippen molar-refractivity contribution in [2.45, 2.75) is 57.7 Å². The number of rotatable bonds is 8. The number of amides is 2. The smallest absolute Gasteiger partial charge is 0.410 e. The van der Waals surface area contributed by atoms with Gasteiger partial charge in [0.2, 0.25) is 0 Å². The number of likely N-dealkylation sites (tertiary alicyclic amines) is 1. The number of nitrogens with zero attached hydrogens (tertiary/aromatic N) is 2. The fraction of sp³-hybridized carbons (Fsp3) is 0.342. The summed E-state index contributed by atoms with van der Waals surface area (Å²) in [4.78, 5) is 39.7. The Hall–Kier alpha value is -4.56. The molecule has 3 aromatic carbocycles. The van der Waals surface area contributed by atoms with Crippen molar-refractivity contribution in [1.82, 2.24) is 14.8 Å². The summed E-state index contributed by atoms with van der Waals surface area (Å²) in [6.45, 7) is 7.13. The standard InChI is InChI=1S/C38H42ClN3O5/c1-38(2,3)47-37(45)42-21-18-31(29-17-20-41(4)35(43)23-29)33(24-42)32-15-14-28(22-34(32)39)30-13-9-8-12-27(30)16-19-40-36(44)46-25-26-10-6-5-7-11-26/h5-15,17,20,22-23,31,33H,16,18-19,21,24-25H2,1-4H3,(H,40,44)/t31-,33+/m1/s1. The molecule has 1 N–H and O–H groups in total. The molecule has 2 atom stereocenters. The summed E-state index contributed by atoms with van der Waals surface area (Å²) in [5.41, 5.74) is 5.11. The van der Waals surface area contributed by atoms with Gasteiger partial charge < -0.3 is 24.3 Å². The van der Waals surface area contributed by atoms with Crippen molar-refractivity contribution in [3.8, 4) is 11.1 Å². The Kier molecular flexibility index (Phi) is 10.7. The zero-order chi connectivity index (χ0) is 33.6. The number of hydrogen-bond donors (Lipinski definition) is 1. The Labute approximate surface area is 281 Å². The first-order chi connectivity index (χ1) is 22.5. The van der Waals surface area contributed by atoms with Gasteiger partial charge >= 0.3 is 12.2 Å². The Morgan fingerprint density at radius 3 is 2.43 bits per heavy atom.